The summed E-state index contributed by atoms with van der Waals surface area (Å²) in [7, 11) is 0. The highest BCUT2D eigenvalue weighted by Crippen LogP contribution is 2.36. The Balaban J connectivity index is 1.35. The van der Waals surface area contributed by atoms with E-state index in [1.807, 2.05) is 17.0 Å². The molecular weight excluding hydrogens is 302 g/mol. The number of nitrogens with zero attached hydrogens (tertiary/aromatic N) is 2. The molecule has 2 aromatic rings. The average Bonchev–Trinajstić information content (AvgIpc) is 2.98. The van der Waals surface area contributed by atoms with Crippen LogP contribution in [0.4, 0.5) is 4.79 Å². The topological polar surface area (TPSA) is 57.5 Å². The first kappa shape index (κ1) is 15.5. The highest BCUT2D eigenvalue weighted by molar-refractivity contribution is 5.81. The van der Waals surface area contributed by atoms with Gasteiger partial charge in [-0.05, 0) is 37.3 Å². The number of likely N-dealkylation sites (tertiary alicyclic amines) is 1. The summed E-state index contributed by atoms with van der Waals surface area (Å²) in [4.78, 5) is 14.3. The smallest absolute Gasteiger partial charge is 0.317 e. The van der Waals surface area contributed by atoms with Crippen LogP contribution in [0, 0.1) is 18.8 Å². The van der Waals surface area contributed by atoms with Gasteiger partial charge in [0.25, 0.3) is 0 Å². The Bertz CT molecular complexity index is 740. The van der Waals surface area contributed by atoms with E-state index in [2.05, 4.69) is 35.0 Å². The number of hydrogen-bond donors (Lipinski definition) is 2. The molecule has 1 aromatic carbocycles. The number of benzene rings is 1. The molecule has 1 aliphatic heterocycles. The van der Waals surface area contributed by atoms with Crippen molar-refractivity contribution in [3.8, 4) is 0 Å². The van der Waals surface area contributed by atoms with Gasteiger partial charge >= 0.3 is 6.03 Å². The van der Waals surface area contributed by atoms with E-state index in [0.717, 1.165) is 19.4 Å². The van der Waals surface area contributed by atoms with Crippen molar-refractivity contribution in [2.45, 2.75) is 32.4 Å². The maximum atomic E-state index is 12.4. The summed E-state index contributed by atoms with van der Waals surface area (Å²) < 4.78 is 2.25. The van der Waals surface area contributed by atoms with E-state index < -0.39 is 0 Å². The van der Waals surface area contributed by atoms with Gasteiger partial charge in [-0.15, -0.1) is 0 Å². The highest BCUT2D eigenvalue weighted by atomic mass is 16.3. The van der Waals surface area contributed by atoms with Crippen LogP contribution in [-0.2, 0) is 6.54 Å². The fraction of sp³-hybridized carbons (Fsp3) is 0.526. The molecule has 2 bridgehead atoms. The molecule has 1 unspecified atom stereocenters. The molecule has 2 N–H and O–H groups in total. The first-order valence-electron chi connectivity index (χ1n) is 8.89. The second-order valence-electron chi connectivity index (χ2n) is 7.22. The maximum Gasteiger partial charge on any atom is 0.317 e. The molecular formula is C19H25N3O2. The molecule has 3 atom stereocenters. The van der Waals surface area contributed by atoms with Crippen molar-refractivity contribution in [2.24, 2.45) is 11.8 Å². The van der Waals surface area contributed by atoms with E-state index >= 15 is 0 Å². The molecule has 2 heterocycles. The minimum absolute atomic E-state index is 0.00733. The minimum Gasteiger partial charge on any atom is -0.392 e. The summed E-state index contributed by atoms with van der Waals surface area (Å²) in [6.45, 7) is 4.87. The number of urea groups is 1. The highest BCUT2D eigenvalue weighted by Gasteiger charge is 2.42. The van der Waals surface area contributed by atoms with E-state index in [-0.39, 0.29) is 24.0 Å². The van der Waals surface area contributed by atoms with Crippen LogP contribution in [-0.4, -0.2) is 46.3 Å². The van der Waals surface area contributed by atoms with Crippen LogP contribution in [0.3, 0.4) is 0 Å². The number of carbonyl (C=O) groups is 1. The quantitative estimate of drug-likeness (QED) is 0.909. The van der Waals surface area contributed by atoms with Crippen molar-refractivity contribution >= 4 is 16.9 Å². The number of aliphatic hydroxyl groups excluding tert-OH is 1. The van der Waals surface area contributed by atoms with Gasteiger partial charge in [0.2, 0.25) is 0 Å². The van der Waals surface area contributed by atoms with Gasteiger partial charge in [-0.3, -0.25) is 0 Å². The molecule has 1 aromatic heterocycles. The van der Waals surface area contributed by atoms with Crippen LogP contribution in [0.15, 0.2) is 30.3 Å². The Labute approximate surface area is 142 Å². The number of para-hydroxylation sites is 1. The van der Waals surface area contributed by atoms with Crippen LogP contribution in [0.2, 0.25) is 0 Å². The summed E-state index contributed by atoms with van der Waals surface area (Å²) >= 11 is 0. The monoisotopic (exact) mass is 327 g/mol. The lowest BCUT2D eigenvalue weighted by atomic mass is 9.95. The van der Waals surface area contributed by atoms with Crippen LogP contribution >= 0.6 is 0 Å². The van der Waals surface area contributed by atoms with E-state index in [1.54, 1.807) is 0 Å². The summed E-state index contributed by atoms with van der Waals surface area (Å²) in [6.07, 6.45) is 1.89. The number of carbonyl (C=O) groups excluding carboxylic acids is 1. The summed E-state index contributed by atoms with van der Waals surface area (Å²) in [5, 5.41) is 14.4. The lowest BCUT2D eigenvalue weighted by Crippen LogP contribution is -2.51. The normalized spacial score (nSPS) is 26.1. The molecule has 0 radical (unpaired) electrons. The van der Waals surface area contributed by atoms with E-state index in [1.165, 1.54) is 16.6 Å². The second-order valence-corrected chi connectivity index (χ2v) is 7.22. The zero-order chi connectivity index (χ0) is 16.7. The van der Waals surface area contributed by atoms with Crippen molar-refractivity contribution in [3.63, 3.8) is 0 Å². The van der Waals surface area contributed by atoms with E-state index in [9.17, 15) is 9.90 Å². The Hall–Kier alpha value is -2.01. The summed E-state index contributed by atoms with van der Waals surface area (Å²) in [6, 6.07) is 10.5. The molecule has 5 heteroatoms. The molecule has 1 saturated heterocycles. The lowest BCUT2D eigenvalue weighted by molar-refractivity contribution is 0.0303. The Morgan fingerprint density at radius 2 is 1.96 bits per heavy atom. The predicted octanol–water partition coefficient (Wildman–Crippen LogP) is 2.36. The average molecular weight is 327 g/mol. The minimum atomic E-state index is -0.206. The number of rotatable bonds is 3. The van der Waals surface area contributed by atoms with Gasteiger partial charge < -0.3 is 19.9 Å². The van der Waals surface area contributed by atoms with Crippen LogP contribution < -0.4 is 5.32 Å². The number of aryl methyl sites for hydroxylation is 1. The number of aliphatic hydroxyl groups is 1. The fourth-order valence-electron chi connectivity index (χ4n) is 4.39. The molecule has 4 rings (SSSR count). The van der Waals surface area contributed by atoms with Crippen LogP contribution in [0.5, 0.6) is 0 Å². The van der Waals surface area contributed by atoms with Crippen molar-refractivity contribution in [2.75, 3.05) is 19.6 Å². The number of aromatic nitrogens is 1. The molecule has 5 nitrogen and oxygen atoms in total. The van der Waals surface area contributed by atoms with Crippen LogP contribution in [0.25, 0.3) is 10.9 Å². The molecule has 0 spiro atoms. The Morgan fingerprint density at radius 1 is 1.25 bits per heavy atom. The van der Waals surface area contributed by atoms with Gasteiger partial charge in [0, 0.05) is 49.2 Å². The third-order valence-corrected chi connectivity index (χ3v) is 5.70. The number of piperidine rings is 1. The van der Waals surface area contributed by atoms with Gasteiger partial charge in [-0.2, -0.15) is 0 Å². The third-order valence-electron chi connectivity index (χ3n) is 5.70. The first-order valence-corrected chi connectivity index (χ1v) is 8.89. The number of nitrogens with one attached hydrogen (secondary N) is 1. The molecule has 128 valence electrons. The van der Waals surface area contributed by atoms with Crippen LogP contribution in [0.1, 0.15) is 18.5 Å². The number of hydrogen-bond acceptors (Lipinski definition) is 2. The molecule has 2 fully saturated rings. The molecule has 1 aliphatic carbocycles. The summed E-state index contributed by atoms with van der Waals surface area (Å²) in [5.74, 6) is 0.537. The van der Waals surface area contributed by atoms with E-state index in [0.29, 0.717) is 19.6 Å². The van der Waals surface area contributed by atoms with Gasteiger partial charge in [-0.1, -0.05) is 18.2 Å². The molecule has 1 saturated carbocycles. The Morgan fingerprint density at radius 3 is 2.71 bits per heavy atom. The van der Waals surface area contributed by atoms with Crippen molar-refractivity contribution in [1.29, 1.82) is 0 Å². The van der Waals surface area contributed by atoms with Crippen molar-refractivity contribution < 1.29 is 9.90 Å². The van der Waals surface area contributed by atoms with Crippen molar-refractivity contribution in [1.82, 2.24) is 14.8 Å². The second kappa shape index (κ2) is 6.13. The van der Waals surface area contributed by atoms with Gasteiger partial charge in [-0.25, -0.2) is 4.79 Å². The van der Waals surface area contributed by atoms with Gasteiger partial charge in [0.15, 0.2) is 0 Å². The Kier molecular flexibility index (Phi) is 3.96. The zero-order valence-electron chi connectivity index (χ0n) is 14.1. The molecule has 2 amide bonds. The SMILES string of the molecule is Cc1cc2ccccc2n1CCNC(=O)N1C[C@H]2CC[C@@H](C1)C2O. The lowest BCUT2D eigenvalue weighted by Gasteiger charge is -2.35. The predicted molar refractivity (Wildman–Crippen MR) is 93.9 cm³/mol. The zero-order valence-corrected chi connectivity index (χ0v) is 14.1. The fourth-order valence-corrected chi connectivity index (χ4v) is 4.39. The first-order chi connectivity index (χ1) is 11.6. The molecule has 24 heavy (non-hydrogen) atoms. The largest absolute Gasteiger partial charge is 0.392 e. The number of amides is 2. The number of fused-ring (bicyclic) bond motifs is 3. The summed E-state index contributed by atoms with van der Waals surface area (Å²) in [5.41, 5.74) is 2.42. The van der Waals surface area contributed by atoms with Gasteiger partial charge in [0.05, 0.1) is 6.10 Å². The third kappa shape index (κ3) is 2.67. The molecule has 2 aliphatic rings. The maximum absolute atomic E-state index is 12.4. The van der Waals surface area contributed by atoms with Crippen molar-refractivity contribution in [3.05, 3.63) is 36.0 Å². The van der Waals surface area contributed by atoms with E-state index in [4.69, 9.17) is 0 Å². The van der Waals surface area contributed by atoms with Gasteiger partial charge in [0.1, 0.15) is 0 Å². The standard InChI is InChI=1S/C19H25N3O2/c1-13-10-14-4-2-3-5-17(14)22(13)9-8-20-19(24)21-11-15-6-7-16(12-21)18(15)23/h2-5,10,15-16,18,23H,6-9,11-12H2,1H3,(H,20,24)/t15-,16+,18?.